The molecule has 0 spiro atoms. The molecule has 0 aromatic heterocycles. The summed E-state index contributed by atoms with van der Waals surface area (Å²) in [5.41, 5.74) is 1.55. The molecule has 0 amide bonds. The summed E-state index contributed by atoms with van der Waals surface area (Å²) in [4.78, 5) is 15.1. The molecule has 136 valence electrons. The van der Waals surface area contributed by atoms with E-state index in [1.54, 1.807) is 18.2 Å². The van der Waals surface area contributed by atoms with Crippen molar-refractivity contribution < 1.29 is 14.3 Å². The van der Waals surface area contributed by atoms with Crippen molar-refractivity contribution in [2.24, 2.45) is 0 Å². The van der Waals surface area contributed by atoms with Crippen LogP contribution in [0.3, 0.4) is 0 Å². The van der Waals surface area contributed by atoms with E-state index in [1.807, 2.05) is 11.0 Å². The van der Waals surface area contributed by atoms with E-state index < -0.39 is 5.97 Å². The van der Waals surface area contributed by atoms with E-state index >= 15 is 0 Å². The summed E-state index contributed by atoms with van der Waals surface area (Å²) in [5.74, 6) is -1.32. The van der Waals surface area contributed by atoms with Crippen LogP contribution < -0.4 is 10.2 Å². The Morgan fingerprint density at radius 2 is 1.88 bits per heavy atom. The van der Waals surface area contributed by atoms with Crippen molar-refractivity contribution in [3.63, 3.8) is 0 Å². The number of rotatable bonds is 3. The number of carboxylic acids is 1. The van der Waals surface area contributed by atoms with Gasteiger partial charge in [0.15, 0.2) is 5.11 Å². The first-order valence-corrected chi connectivity index (χ1v) is 8.82. The first-order valence-electron chi connectivity index (χ1n) is 8.03. The molecule has 26 heavy (non-hydrogen) atoms. The number of halogens is 2. The molecule has 2 aromatic carbocycles. The molecule has 0 bridgehead atoms. The molecule has 8 heteroatoms. The highest BCUT2D eigenvalue weighted by Gasteiger charge is 2.20. The molecule has 3 rings (SSSR count). The highest BCUT2D eigenvalue weighted by Crippen LogP contribution is 2.22. The van der Waals surface area contributed by atoms with Crippen molar-refractivity contribution in [2.45, 2.75) is 0 Å². The number of nitrogens with zero attached hydrogens (tertiary/aromatic N) is 2. The summed E-state index contributed by atoms with van der Waals surface area (Å²) in [6, 6.07) is 11.2. The summed E-state index contributed by atoms with van der Waals surface area (Å²) >= 11 is 11.4. The Hall–Kier alpha value is -2.38. The number of anilines is 2. The number of carbonyl (C=O) groups is 1. The third kappa shape index (κ3) is 4.23. The van der Waals surface area contributed by atoms with Crippen molar-refractivity contribution in [1.82, 2.24) is 4.90 Å². The van der Waals surface area contributed by atoms with Gasteiger partial charge in [-0.15, -0.1) is 0 Å². The molecule has 1 heterocycles. The third-order valence-electron chi connectivity index (χ3n) is 4.19. The summed E-state index contributed by atoms with van der Waals surface area (Å²) in [6.07, 6.45) is 0. The van der Waals surface area contributed by atoms with Crippen LogP contribution in [-0.4, -0.2) is 47.3 Å². The highest BCUT2D eigenvalue weighted by atomic mass is 35.5. The molecule has 0 atom stereocenters. The Bertz CT molecular complexity index is 841. The fourth-order valence-electron chi connectivity index (χ4n) is 2.81. The van der Waals surface area contributed by atoms with Gasteiger partial charge in [0.05, 0.1) is 10.6 Å². The van der Waals surface area contributed by atoms with Gasteiger partial charge in [-0.2, -0.15) is 0 Å². The Balaban J connectivity index is 1.58. The van der Waals surface area contributed by atoms with Crippen molar-refractivity contribution in [3.8, 4) is 0 Å². The lowest BCUT2D eigenvalue weighted by Gasteiger charge is -2.37. The first kappa shape index (κ1) is 18.4. The van der Waals surface area contributed by atoms with Crippen molar-refractivity contribution in [3.05, 3.63) is 58.9 Å². The van der Waals surface area contributed by atoms with E-state index in [9.17, 15) is 9.18 Å². The number of benzene rings is 2. The van der Waals surface area contributed by atoms with Crippen LogP contribution in [0.5, 0.6) is 0 Å². The Morgan fingerprint density at radius 3 is 2.50 bits per heavy atom. The second-order valence-electron chi connectivity index (χ2n) is 5.88. The zero-order valence-corrected chi connectivity index (χ0v) is 15.4. The fourth-order valence-corrected chi connectivity index (χ4v) is 3.37. The van der Waals surface area contributed by atoms with Crippen LogP contribution in [0, 0.1) is 5.82 Å². The highest BCUT2D eigenvalue weighted by molar-refractivity contribution is 7.80. The van der Waals surface area contributed by atoms with E-state index in [0.29, 0.717) is 23.9 Å². The maximum Gasteiger partial charge on any atom is 0.337 e. The van der Waals surface area contributed by atoms with Gasteiger partial charge >= 0.3 is 5.97 Å². The number of hydrogen-bond donors (Lipinski definition) is 2. The quantitative estimate of drug-likeness (QED) is 0.775. The van der Waals surface area contributed by atoms with E-state index in [1.165, 1.54) is 18.2 Å². The third-order valence-corrected chi connectivity index (χ3v) is 4.86. The first-order chi connectivity index (χ1) is 12.4. The molecule has 0 aliphatic carbocycles. The van der Waals surface area contributed by atoms with E-state index in [0.717, 1.165) is 18.8 Å². The maximum atomic E-state index is 13.4. The topological polar surface area (TPSA) is 55.8 Å². The van der Waals surface area contributed by atoms with Gasteiger partial charge in [0, 0.05) is 37.6 Å². The van der Waals surface area contributed by atoms with E-state index in [4.69, 9.17) is 28.9 Å². The lowest BCUT2D eigenvalue weighted by molar-refractivity contribution is 0.0697. The minimum atomic E-state index is -1.07. The molecule has 2 N–H and O–H groups in total. The van der Waals surface area contributed by atoms with Gasteiger partial charge in [-0.1, -0.05) is 17.7 Å². The molecule has 0 radical (unpaired) electrons. The normalized spacial score (nSPS) is 14.2. The summed E-state index contributed by atoms with van der Waals surface area (Å²) in [6.45, 7) is 2.85. The monoisotopic (exact) mass is 393 g/mol. The maximum absolute atomic E-state index is 13.4. The molecule has 1 fully saturated rings. The number of thiocarbonyl (C=S) groups is 1. The van der Waals surface area contributed by atoms with Crippen LogP contribution in [0.15, 0.2) is 42.5 Å². The minimum absolute atomic E-state index is 0.0480. The predicted octanol–water partition coefficient (Wildman–Crippen LogP) is 3.70. The van der Waals surface area contributed by atoms with E-state index in [-0.39, 0.29) is 16.4 Å². The largest absolute Gasteiger partial charge is 0.478 e. The average molecular weight is 394 g/mol. The van der Waals surface area contributed by atoms with Gasteiger partial charge in [0.25, 0.3) is 0 Å². The Morgan fingerprint density at radius 1 is 1.15 bits per heavy atom. The van der Waals surface area contributed by atoms with Gasteiger partial charge in [0.1, 0.15) is 5.82 Å². The molecule has 2 aromatic rings. The molecular weight excluding hydrogens is 377 g/mol. The number of nitrogens with one attached hydrogen (secondary N) is 1. The number of carboxylic acid groups (broad SMARTS) is 1. The average Bonchev–Trinajstić information content (AvgIpc) is 2.61. The van der Waals surface area contributed by atoms with Gasteiger partial charge in [-0.05, 0) is 48.6 Å². The van der Waals surface area contributed by atoms with Crippen LogP contribution >= 0.6 is 23.8 Å². The van der Waals surface area contributed by atoms with Gasteiger partial charge in [-0.3, -0.25) is 0 Å². The molecule has 0 saturated carbocycles. The van der Waals surface area contributed by atoms with Crippen LogP contribution in [-0.2, 0) is 0 Å². The molecule has 0 unspecified atom stereocenters. The summed E-state index contributed by atoms with van der Waals surface area (Å²) in [7, 11) is 0. The van der Waals surface area contributed by atoms with Crippen LogP contribution in [0.25, 0.3) is 0 Å². The van der Waals surface area contributed by atoms with Gasteiger partial charge in [0.2, 0.25) is 0 Å². The molecule has 1 aliphatic rings. The summed E-state index contributed by atoms with van der Waals surface area (Å²) < 4.78 is 13.4. The zero-order chi connectivity index (χ0) is 18.7. The van der Waals surface area contributed by atoms with Gasteiger partial charge in [-0.25, -0.2) is 9.18 Å². The van der Waals surface area contributed by atoms with Crippen molar-refractivity contribution in [1.29, 1.82) is 0 Å². The van der Waals surface area contributed by atoms with Crippen LogP contribution in [0.1, 0.15) is 10.4 Å². The second kappa shape index (κ2) is 7.88. The number of piperazine rings is 1. The molecule has 1 aliphatic heterocycles. The number of aromatic carboxylic acids is 1. The minimum Gasteiger partial charge on any atom is -0.478 e. The molecule has 5 nitrogen and oxygen atoms in total. The Labute approximate surface area is 161 Å². The molecular formula is C18H17ClFN3O2S. The van der Waals surface area contributed by atoms with Crippen molar-refractivity contribution in [2.75, 3.05) is 36.4 Å². The van der Waals surface area contributed by atoms with Gasteiger partial charge < -0.3 is 20.2 Å². The fraction of sp³-hybridized carbons (Fsp3) is 0.222. The zero-order valence-electron chi connectivity index (χ0n) is 13.8. The standard InChI is InChI=1S/C18H17ClFN3O2S/c19-16-11-13(4-5-15(16)17(24)25)21-18(26)23-8-6-22(7-9-23)14-3-1-2-12(20)10-14/h1-5,10-11H,6-9H2,(H,21,26)(H,24,25). The molecule has 1 saturated heterocycles. The smallest absolute Gasteiger partial charge is 0.337 e. The number of hydrogen-bond acceptors (Lipinski definition) is 3. The Kier molecular flexibility index (Phi) is 5.58. The predicted molar refractivity (Wildman–Crippen MR) is 105 cm³/mol. The van der Waals surface area contributed by atoms with Crippen LogP contribution in [0.4, 0.5) is 15.8 Å². The summed E-state index contributed by atoms with van der Waals surface area (Å²) in [5, 5.41) is 12.8. The lowest BCUT2D eigenvalue weighted by Crippen LogP contribution is -2.50. The van der Waals surface area contributed by atoms with E-state index in [2.05, 4.69) is 10.2 Å². The SMILES string of the molecule is O=C(O)c1ccc(NC(=S)N2CCN(c3cccc(F)c3)CC2)cc1Cl. The van der Waals surface area contributed by atoms with Crippen LogP contribution in [0.2, 0.25) is 5.02 Å². The van der Waals surface area contributed by atoms with Crippen molar-refractivity contribution >= 4 is 46.3 Å². The second-order valence-corrected chi connectivity index (χ2v) is 6.68. The lowest BCUT2D eigenvalue weighted by atomic mass is 10.2.